The highest BCUT2D eigenvalue weighted by molar-refractivity contribution is 5.76. The van der Waals surface area contributed by atoms with E-state index < -0.39 is 0 Å². The lowest BCUT2D eigenvalue weighted by Crippen LogP contribution is -2.38. The molecule has 41 heavy (non-hydrogen) atoms. The Bertz CT molecular complexity index is 886. The van der Waals surface area contributed by atoms with E-state index in [1.54, 1.807) is 0 Å². The molecule has 10 heteroatoms. The second-order valence-corrected chi connectivity index (χ2v) is 12.4. The SMILES string of the molecule is C=C(C)C(CCCCNC(=O)CCCCOC1OC2OC2C2CCCC12)NC(=O)CCCCOC1CCC2OC2O1. The average molecular weight is 579 g/mol. The number of hydrogen-bond acceptors (Lipinski definition) is 8. The van der Waals surface area contributed by atoms with E-state index in [0.29, 0.717) is 50.5 Å². The molecule has 5 fully saturated rings. The Morgan fingerprint density at radius 3 is 2.41 bits per heavy atom. The molecule has 232 valence electrons. The molecule has 0 aromatic carbocycles. The molecule has 9 atom stereocenters. The van der Waals surface area contributed by atoms with E-state index in [1.807, 2.05) is 6.92 Å². The fourth-order valence-electron chi connectivity index (χ4n) is 6.46. The van der Waals surface area contributed by atoms with Crippen LogP contribution >= 0.6 is 0 Å². The number of hydrogen-bond donors (Lipinski definition) is 2. The van der Waals surface area contributed by atoms with Crippen LogP contribution < -0.4 is 10.6 Å². The summed E-state index contributed by atoms with van der Waals surface area (Å²) in [5, 5.41) is 6.13. The second-order valence-electron chi connectivity index (χ2n) is 12.4. The number of amides is 2. The van der Waals surface area contributed by atoms with Crippen LogP contribution in [-0.2, 0) is 38.0 Å². The molecule has 4 aliphatic heterocycles. The Labute approximate surface area is 244 Å². The number of unbranched alkanes of at least 4 members (excludes halogenated alkanes) is 3. The molecule has 1 aliphatic carbocycles. The summed E-state index contributed by atoms with van der Waals surface area (Å²) in [5.74, 6) is 1.19. The van der Waals surface area contributed by atoms with Crippen LogP contribution in [-0.4, -0.2) is 75.0 Å². The van der Waals surface area contributed by atoms with Gasteiger partial charge in [-0.2, -0.15) is 0 Å². The predicted octanol–water partition coefficient (Wildman–Crippen LogP) is 4.07. The molecule has 0 bridgehead atoms. The van der Waals surface area contributed by atoms with Crippen molar-refractivity contribution in [3.8, 4) is 0 Å². The van der Waals surface area contributed by atoms with Gasteiger partial charge in [0.1, 0.15) is 12.2 Å². The highest BCUT2D eigenvalue weighted by Crippen LogP contribution is 2.50. The monoisotopic (exact) mass is 578 g/mol. The van der Waals surface area contributed by atoms with Gasteiger partial charge in [-0.3, -0.25) is 9.59 Å². The molecule has 5 rings (SSSR count). The first kappa shape index (κ1) is 30.9. The lowest BCUT2D eigenvalue weighted by Gasteiger charge is -2.30. The summed E-state index contributed by atoms with van der Waals surface area (Å²) in [5.41, 5.74) is 0.953. The van der Waals surface area contributed by atoms with Crippen LogP contribution in [0.3, 0.4) is 0 Å². The summed E-state index contributed by atoms with van der Waals surface area (Å²) in [6, 6.07) is -0.0402. The fourth-order valence-corrected chi connectivity index (χ4v) is 6.46. The van der Waals surface area contributed by atoms with Crippen molar-refractivity contribution in [2.24, 2.45) is 11.8 Å². The van der Waals surface area contributed by atoms with Gasteiger partial charge in [0.25, 0.3) is 0 Å². The maximum Gasteiger partial charge on any atom is 0.220 e. The molecule has 2 N–H and O–H groups in total. The smallest absolute Gasteiger partial charge is 0.220 e. The Kier molecular flexibility index (Phi) is 11.5. The third-order valence-corrected chi connectivity index (χ3v) is 9.01. The van der Waals surface area contributed by atoms with Gasteiger partial charge < -0.3 is 39.1 Å². The van der Waals surface area contributed by atoms with Gasteiger partial charge in [-0.1, -0.05) is 18.6 Å². The largest absolute Gasteiger partial charge is 0.356 e. The highest BCUT2D eigenvalue weighted by Gasteiger charge is 2.58. The predicted molar refractivity (Wildman–Crippen MR) is 150 cm³/mol. The number of nitrogens with one attached hydrogen (secondary N) is 2. The molecular formula is C31H50N2O8. The van der Waals surface area contributed by atoms with Crippen molar-refractivity contribution >= 4 is 11.8 Å². The zero-order valence-electron chi connectivity index (χ0n) is 24.7. The number of epoxide rings is 2. The van der Waals surface area contributed by atoms with Crippen molar-refractivity contribution in [3.63, 3.8) is 0 Å². The summed E-state index contributed by atoms with van der Waals surface area (Å²) >= 11 is 0. The molecule has 5 aliphatic rings. The molecular weight excluding hydrogens is 528 g/mol. The summed E-state index contributed by atoms with van der Waals surface area (Å²) in [6.45, 7) is 7.85. The van der Waals surface area contributed by atoms with E-state index in [-0.39, 0.29) is 49.1 Å². The molecule has 0 spiro atoms. The van der Waals surface area contributed by atoms with Gasteiger partial charge in [-0.15, -0.1) is 0 Å². The lowest BCUT2D eigenvalue weighted by atomic mass is 9.90. The second kappa shape index (κ2) is 15.3. The first-order valence-corrected chi connectivity index (χ1v) is 16.0. The Morgan fingerprint density at radius 2 is 1.61 bits per heavy atom. The van der Waals surface area contributed by atoms with Crippen LogP contribution in [0.4, 0.5) is 0 Å². The van der Waals surface area contributed by atoms with E-state index in [2.05, 4.69) is 17.2 Å². The van der Waals surface area contributed by atoms with Crippen molar-refractivity contribution in [2.45, 2.75) is 140 Å². The number of ether oxygens (including phenoxy) is 6. The Balaban J connectivity index is 0.831. The average Bonchev–Trinajstić information content (AvgIpc) is 3.86. The van der Waals surface area contributed by atoms with E-state index in [4.69, 9.17) is 28.4 Å². The van der Waals surface area contributed by atoms with Gasteiger partial charge in [-0.05, 0) is 77.0 Å². The Hall–Kier alpha value is -1.56. The first-order valence-electron chi connectivity index (χ1n) is 16.0. The maximum absolute atomic E-state index is 12.4. The quantitative estimate of drug-likeness (QED) is 0.134. The molecule has 2 amide bonds. The van der Waals surface area contributed by atoms with Crippen molar-refractivity contribution in [1.29, 1.82) is 0 Å². The molecule has 9 unspecified atom stereocenters. The van der Waals surface area contributed by atoms with E-state index in [9.17, 15) is 9.59 Å². The molecule has 0 aromatic rings. The number of carbonyl (C=O) groups excluding carboxylic acids is 2. The van der Waals surface area contributed by atoms with Gasteiger partial charge in [-0.25, -0.2) is 0 Å². The van der Waals surface area contributed by atoms with E-state index in [1.165, 1.54) is 12.8 Å². The van der Waals surface area contributed by atoms with Crippen LogP contribution in [0.25, 0.3) is 0 Å². The molecule has 0 aromatic heterocycles. The van der Waals surface area contributed by atoms with Crippen LogP contribution in [0.2, 0.25) is 0 Å². The van der Waals surface area contributed by atoms with E-state index >= 15 is 0 Å². The van der Waals surface area contributed by atoms with Crippen LogP contribution in [0.5, 0.6) is 0 Å². The molecule has 1 saturated carbocycles. The summed E-state index contributed by atoms with van der Waals surface area (Å²) in [4.78, 5) is 24.7. The standard InChI is InChI=1S/C31H50N2O8/c1-20(2)23(33-26(35)14-5-7-18-36-27-16-15-24-30(38-24)39-27)12-3-6-17-32-25(34)13-4-8-19-37-29-22-11-9-10-21(22)28-31(40-28)41-29/h21-24,27-31H,1,3-19H2,2H3,(H,32,34)(H,33,35). The van der Waals surface area contributed by atoms with Crippen LogP contribution in [0, 0.1) is 11.8 Å². The topological polar surface area (TPSA) is 120 Å². The zero-order chi connectivity index (χ0) is 28.6. The Morgan fingerprint density at radius 1 is 0.829 bits per heavy atom. The number of carbonyl (C=O) groups is 2. The van der Waals surface area contributed by atoms with Gasteiger partial charge in [0.15, 0.2) is 25.2 Å². The minimum Gasteiger partial charge on any atom is -0.356 e. The molecule has 10 nitrogen and oxygen atoms in total. The van der Waals surface area contributed by atoms with Gasteiger partial charge in [0.05, 0.1) is 0 Å². The fraction of sp³-hybridized carbons (Fsp3) is 0.871. The third-order valence-electron chi connectivity index (χ3n) is 9.01. The van der Waals surface area contributed by atoms with Crippen molar-refractivity contribution in [1.82, 2.24) is 10.6 Å². The van der Waals surface area contributed by atoms with Crippen molar-refractivity contribution < 1.29 is 38.0 Å². The van der Waals surface area contributed by atoms with Gasteiger partial charge in [0, 0.05) is 51.0 Å². The van der Waals surface area contributed by atoms with Gasteiger partial charge >= 0.3 is 0 Å². The van der Waals surface area contributed by atoms with Crippen LogP contribution in [0.15, 0.2) is 12.2 Å². The maximum atomic E-state index is 12.4. The minimum atomic E-state index is -0.174. The summed E-state index contributed by atoms with van der Waals surface area (Å²) in [6.07, 6.45) is 12.5. The van der Waals surface area contributed by atoms with Crippen molar-refractivity contribution in [2.75, 3.05) is 19.8 Å². The highest BCUT2D eigenvalue weighted by atomic mass is 16.8. The third kappa shape index (κ3) is 9.46. The molecule has 4 heterocycles. The minimum absolute atomic E-state index is 0.0402. The van der Waals surface area contributed by atoms with Crippen molar-refractivity contribution in [3.05, 3.63) is 12.2 Å². The normalized spacial score (nSPS) is 33.7. The first-order chi connectivity index (χ1) is 20.0. The lowest BCUT2D eigenvalue weighted by molar-refractivity contribution is -0.210. The number of rotatable bonds is 19. The van der Waals surface area contributed by atoms with E-state index in [0.717, 1.165) is 69.8 Å². The summed E-state index contributed by atoms with van der Waals surface area (Å²) in [7, 11) is 0. The zero-order valence-corrected chi connectivity index (χ0v) is 24.7. The number of fused-ring (bicyclic) bond motifs is 4. The summed E-state index contributed by atoms with van der Waals surface area (Å²) < 4.78 is 34.3. The van der Waals surface area contributed by atoms with Crippen LogP contribution in [0.1, 0.15) is 96.8 Å². The molecule has 4 saturated heterocycles. The van der Waals surface area contributed by atoms with Gasteiger partial charge in [0.2, 0.25) is 11.8 Å². The molecule has 0 radical (unpaired) electrons.